The molecule has 0 aliphatic heterocycles. The van der Waals surface area contributed by atoms with Crippen molar-refractivity contribution in [3.63, 3.8) is 0 Å². The minimum atomic E-state index is -0.250. The van der Waals surface area contributed by atoms with E-state index in [1.165, 1.54) is 16.7 Å². The Labute approximate surface area is 177 Å². The van der Waals surface area contributed by atoms with E-state index >= 15 is 0 Å². The number of hydrogen-bond donors (Lipinski definition) is 2. The van der Waals surface area contributed by atoms with Crippen molar-refractivity contribution in [1.29, 1.82) is 0 Å². The molecule has 0 bridgehead atoms. The summed E-state index contributed by atoms with van der Waals surface area (Å²) in [6, 6.07) is 0. The summed E-state index contributed by atoms with van der Waals surface area (Å²) < 4.78 is 0. The number of nitrogens with one attached hydrogen (secondary N) is 1. The van der Waals surface area contributed by atoms with E-state index in [0.717, 1.165) is 7.11 Å². The summed E-state index contributed by atoms with van der Waals surface area (Å²) in [5.74, 6) is 0.560. The second kappa shape index (κ2) is 28.7. The van der Waals surface area contributed by atoms with Crippen molar-refractivity contribution < 1.29 is 29.4 Å². The van der Waals surface area contributed by atoms with Crippen LogP contribution in [0.1, 0.15) is 48.5 Å². The van der Waals surface area contributed by atoms with E-state index in [0.29, 0.717) is 5.92 Å². The molecule has 0 saturated carbocycles. The quantitative estimate of drug-likeness (QED) is 0.438. The molecule has 0 aromatic carbocycles. The van der Waals surface area contributed by atoms with Crippen LogP contribution in [-0.2, 0) is 19.2 Å². The summed E-state index contributed by atoms with van der Waals surface area (Å²) >= 11 is 2.03. The third kappa shape index (κ3) is 38.4. The van der Waals surface area contributed by atoms with Gasteiger partial charge in [-0.25, -0.2) is 5.57 Å². The zero-order chi connectivity index (χ0) is 18.2. The summed E-state index contributed by atoms with van der Waals surface area (Å²) in [5, 5.41) is 14.5. The molecule has 24 heavy (non-hydrogen) atoms. The zero-order valence-electron chi connectivity index (χ0n) is 16.9. The van der Waals surface area contributed by atoms with Crippen LogP contribution in [0.3, 0.4) is 0 Å². The van der Waals surface area contributed by atoms with Gasteiger partial charge >= 0.3 is 26.8 Å². The van der Waals surface area contributed by atoms with Crippen molar-refractivity contribution in [1.82, 2.24) is 0 Å². The first-order valence-electron chi connectivity index (χ1n) is 6.77. The van der Waals surface area contributed by atoms with Gasteiger partial charge in [0.1, 0.15) is 0 Å². The Morgan fingerprint density at radius 3 is 1.42 bits per heavy atom. The Kier molecular flexibility index (Phi) is 53.0. The van der Waals surface area contributed by atoms with Crippen molar-refractivity contribution in [2.75, 3.05) is 13.7 Å². The third-order valence-corrected chi connectivity index (χ3v) is 2.24. The van der Waals surface area contributed by atoms with Gasteiger partial charge in [-0.05, 0) is 0 Å². The molecule has 0 saturated heterocycles. The van der Waals surface area contributed by atoms with Gasteiger partial charge in [0.2, 0.25) is 0 Å². The van der Waals surface area contributed by atoms with Crippen molar-refractivity contribution in [2.45, 2.75) is 54.0 Å². The van der Waals surface area contributed by atoms with Crippen LogP contribution in [0.2, 0.25) is 0 Å². The zero-order valence-corrected chi connectivity index (χ0v) is 21.5. The molecule has 0 spiro atoms. The fourth-order valence-electron chi connectivity index (χ4n) is 1.16. The van der Waals surface area contributed by atoms with Crippen LogP contribution in [0.25, 0.3) is 5.73 Å². The number of rotatable bonds is 0. The van der Waals surface area contributed by atoms with Crippen LogP contribution < -0.4 is 0 Å². The van der Waals surface area contributed by atoms with Crippen LogP contribution in [0, 0.1) is 26.3 Å². The molecule has 3 nitrogen and oxygen atoms in total. The number of halogens is 2. The summed E-state index contributed by atoms with van der Waals surface area (Å²) in [4.78, 5) is 0. The average Bonchev–Trinajstić information content (AvgIpc) is 2.60. The van der Waals surface area contributed by atoms with Crippen molar-refractivity contribution >= 4 is 32.4 Å². The van der Waals surface area contributed by atoms with E-state index in [2.05, 4.69) is 40.7 Å². The Bertz CT molecular complexity index is 301. The van der Waals surface area contributed by atoms with Crippen LogP contribution in [-0.4, -0.2) is 37.1 Å². The number of allylic oxidation sites excluding steroid dienone is 4. The summed E-state index contributed by atoms with van der Waals surface area (Å²) in [6.07, 6.45) is 3.36. The van der Waals surface area contributed by atoms with Crippen LogP contribution in [0.4, 0.5) is 0 Å². The second-order valence-corrected chi connectivity index (χ2v) is 5.27. The predicted molar refractivity (Wildman–Crippen MR) is 114 cm³/mol. The molecule has 1 aliphatic carbocycles. The molecule has 150 valence electrons. The molecule has 0 heterocycles. The monoisotopic (exact) mass is 435 g/mol. The van der Waals surface area contributed by atoms with Crippen LogP contribution >= 0.6 is 24.8 Å². The van der Waals surface area contributed by atoms with Gasteiger partial charge in [-0.15, -0.1) is 37.3 Å². The number of aliphatic hydroxyl groups is 2. The molecule has 3 N–H and O–H groups in total. The summed E-state index contributed by atoms with van der Waals surface area (Å²) in [6.45, 7) is 17.3. The average molecular weight is 436 g/mol. The SMILES string of the molecule is CC(C)(C)[NH-].CC1=[C-]C(C)C(C)=C1C.CO.Cl.Cl.[CH2-]CO.[CH3-].[SiH2]=[Ti]. The van der Waals surface area contributed by atoms with E-state index in [9.17, 15) is 0 Å². The molecule has 7 heteroatoms. The maximum absolute atomic E-state index is 7.46. The Balaban J connectivity index is -0.0000000339. The van der Waals surface area contributed by atoms with E-state index in [1.807, 2.05) is 47.6 Å². The Hall–Kier alpha value is 0.871. The molecule has 1 aliphatic rings. The van der Waals surface area contributed by atoms with Crippen molar-refractivity contribution in [2.24, 2.45) is 5.92 Å². The third-order valence-electron chi connectivity index (χ3n) is 2.24. The topological polar surface area (TPSA) is 64.3 Å². The fraction of sp³-hybridized carbons (Fsp3) is 0.647. The van der Waals surface area contributed by atoms with E-state index in [-0.39, 0.29) is 44.4 Å². The predicted octanol–water partition coefficient (Wildman–Crippen LogP) is 4.36. The van der Waals surface area contributed by atoms with Gasteiger partial charge in [0.15, 0.2) is 0 Å². The van der Waals surface area contributed by atoms with Crippen LogP contribution in [0.15, 0.2) is 16.7 Å². The molecule has 0 fully saturated rings. The Morgan fingerprint density at radius 1 is 1.17 bits per heavy atom. The van der Waals surface area contributed by atoms with Crippen LogP contribution in [0.5, 0.6) is 0 Å². The minimum absolute atomic E-state index is 0. The van der Waals surface area contributed by atoms with Gasteiger partial charge in [0.05, 0.1) is 0 Å². The standard InChI is InChI=1S/C9H13.C4H10N.C2H5O.CH4O.CH3.2ClH.H2Si.Ti/c1-6-5-7(2)9(4)8(6)3;1-4(2,3)5;1-2-3;1-2;;;;;/h6H,1-4H3;5H,1-3H3;3H,1-2H2;2H,1H3;1H3;2*1H;1H2;/q3*-1;;-1;;;;. The first kappa shape index (κ1) is 44.4. The van der Waals surface area contributed by atoms with Gasteiger partial charge in [-0.3, -0.25) is 6.08 Å². The molecular formula is C17H39Cl2NO2SiTi-4. The van der Waals surface area contributed by atoms with E-state index < -0.39 is 0 Å². The van der Waals surface area contributed by atoms with Gasteiger partial charge in [0.25, 0.3) is 0 Å². The normalized spacial score (nSPS) is 13.8. The van der Waals surface area contributed by atoms with Gasteiger partial charge in [0, 0.05) is 7.11 Å². The van der Waals surface area contributed by atoms with E-state index in [4.69, 9.17) is 15.9 Å². The maximum atomic E-state index is 7.46. The molecule has 0 radical (unpaired) electrons. The molecular weight excluding hydrogens is 397 g/mol. The van der Waals surface area contributed by atoms with Gasteiger partial charge < -0.3 is 30.3 Å². The Morgan fingerprint density at radius 2 is 1.38 bits per heavy atom. The van der Waals surface area contributed by atoms with E-state index in [1.54, 1.807) is 0 Å². The molecule has 1 unspecified atom stereocenters. The first-order valence-corrected chi connectivity index (χ1v) is 10.8. The molecule has 0 aromatic rings. The molecule has 0 amide bonds. The second-order valence-electron chi connectivity index (χ2n) is 5.27. The molecule has 0 aromatic heterocycles. The number of hydrogen-bond acceptors (Lipinski definition) is 2. The fourth-order valence-corrected chi connectivity index (χ4v) is 1.16. The molecule has 1 rings (SSSR count). The van der Waals surface area contributed by atoms with Crippen molar-refractivity contribution in [3.8, 4) is 0 Å². The molecule has 1 atom stereocenters. The summed E-state index contributed by atoms with van der Waals surface area (Å²) in [7, 11) is 2.86. The first-order chi connectivity index (χ1) is 9.54. The number of aliphatic hydroxyl groups excluding tert-OH is 2. The van der Waals surface area contributed by atoms with Crippen molar-refractivity contribution in [3.05, 3.63) is 42.9 Å². The van der Waals surface area contributed by atoms with Gasteiger partial charge in [-0.1, -0.05) is 54.1 Å². The van der Waals surface area contributed by atoms with Gasteiger partial charge in [-0.2, -0.15) is 11.1 Å². The summed E-state index contributed by atoms with van der Waals surface area (Å²) in [5.41, 5.74) is 10.9.